The van der Waals surface area contributed by atoms with Crippen LogP contribution >= 0.6 is 11.6 Å². The van der Waals surface area contributed by atoms with E-state index in [9.17, 15) is 10.1 Å². The number of nitro groups is 1. The van der Waals surface area contributed by atoms with Gasteiger partial charge in [-0.1, -0.05) is 11.6 Å². The number of hydrogen-bond donors (Lipinski definition) is 1. The lowest BCUT2D eigenvalue weighted by Gasteiger charge is -2.03. The Bertz CT molecular complexity index is 331. The summed E-state index contributed by atoms with van der Waals surface area (Å²) in [5.41, 5.74) is 5.10. The second-order valence-electron chi connectivity index (χ2n) is 2.30. The third-order valence-electron chi connectivity index (χ3n) is 1.48. The molecule has 0 fully saturated rings. The fraction of sp³-hybridized carbons (Fsp3) is 0.143. The molecule has 5 nitrogen and oxygen atoms in total. The molecule has 0 amide bonds. The van der Waals surface area contributed by atoms with Crippen LogP contribution in [0.4, 0.5) is 11.4 Å². The molecule has 0 aliphatic rings. The molecule has 13 heavy (non-hydrogen) atoms. The van der Waals surface area contributed by atoms with Gasteiger partial charge in [-0.2, -0.15) is 0 Å². The van der Waals surface area contributed by atoms with Crippen LogP contribution in [0.3, 0.4) is 0 Å². The Labute approximate surface area is 79.2 Å². The van der Waals surface area contributed by atoms with Gasteiger partial charge < -0.3 is 10.5 Å². The second kappa shape index (κ2) is 3.49. The van der Waals surface area contributed by atoms with Crippen molar-refractivity contribution >= 4 is 23.0 Å². The van der Waals surface area contributed by atoms with Crippen LogP contribution in [0.5, 0.6) is 5.75 Å². The van der Waals surface area contributed by atoms with E-state index in [0.717, 1.165) is 0 Å². The van der Waals surface area contributed by atoms with Gasteiger partial charge in [0.1, 0.15) is 16.5 Å². The second-order valence-corrected chi connectivity index (χ2v) is 2.71. The highest BCUT2D eigenvalue weighted by atomic mass is 35.5. The van der Waals surface area contributed by atoms with Crippen LogP contribution < -0.4 is 10.5 Å². The number of halogens is 1. The topological polar surface area (TPSA) is 78.4 Å². The summed E-state index contributed by atoms with van der Waals surface area (Å²) in [7, 11) is 1.43. The highest BCUT2D eigenvalue weighted by Crippen LogP contribution is 2.34. The maximum Gasteiger partial charge on any atom is 0.310 e. The van der Waals surface area contributed by atoms with Gasteiger partial charge in [0, 0.05) is 12.1 Å². The Balaban J connectivity index is 3.31. The number of anilines is 1. The Morgan fingerprint density at radius 2 is 2.23 bits per heavy atom. The van der Waals surface area contributed by atoms with E-state index in [-0.39, 0.29) is 16.4 Å². The molecule has 0 radical (unpaired) electrons. The van der Waals surface area contributed by atoms with Crippen LogP contribution in [-0.4, -0.2) is 12.0 Å². The monoisotopic (exact) mass is 202 g/mol. The molecular formula is C7H7ClN2O3. The first kappa shape index (κ1) is 9.60. The molecule has 6 heteroatoms. The van der Waals surface area contributed by atoms with Crippen LogP contribution in [0.2, 0.25) is 5.02 Å². The van der Waals surface area contributed by atoms with Crippen molar-refractivity contribution in [3.63, 3.8) is 0 Å². The molecule has 2 N–H and O–H groups in total. The van der Waals surface area contributed by atoms with E-state index in [4.69, 9.17) is 22.1 Å². The molecule has 0 atom stereocenters. The predicted molar refractivity (Wildman–Crippen MR) is 49.1 cm³/mol. The minimum Gasteiger partial charge on any atom is -0.497 e. The van der Waals surface area contributed by atoms with Gasteiger partial charge in [-0.15, -0.1) is 0 Å². The molecule has 0 saturated heterocycles. The van der Waals surface area contributed by atoms with Crippen LogP contribution in [-0.2, 0) is 0 Å². The summed E-state index contributed by atoms with van der Waals surface area (Å²) >= 11 is 5.61. The number of hydrogen-bond acceptors (Lipinski definition) is 4. The van der Waals surface area contributed by atoms with Crippen molar-refractivity contribution in [3.8, 4) is 5.75 Å². The van der Waals surface area contributed by atoms with Gasteiger partial charge in [0.25, 0.3) is 0 Å². The van der Waals surface area contributed by atoms with Crippen molar-refractivity contribution in [2.24, 2.45) is 0 Å². The highest BCUT2D eigenvalue weighted by molar-refractivity contribution is 6.33. The third-order valence-corrected chi connectivity index (χ3v) is 1.77. The molecule has 0 aliphatic carbocycles. The SMILES string of the molecule is COc1cc(N)c([N+](=O)[O-])c(Cl)c1. The molecule has 0 heterocycles. The minimum absolute atomic E-state index is 0.00523. The van der Waals surface area contributed by atoms with Crippen LogP contribution in [0.25, 0.3) is 0 Å². The predicted octanol–water partition coefficient (Wildman–Crippen LogP) is 1.84. The standard InChI is InChI=1S/C7H7ClN2O3/c1-13-4-2-5(8)7(10(11)12)6(9)3-4/h2-3H,9H2,1H3. The molecule has 1 rings (SSSR count). The summed E-state index contributed by atoms with van der Waals surface area (Å²) < 4.78 is 4.82. The first-order valence-electron chi connectivity index (χ1n) is 3.33. The molecule has 0 aromatic heterocycles. The van der Waals surface area contributed by atoms with Crippen molar-refractivity contribution in [2.75, 3.05) is 12.8 Å². The van der Waals surface area contributed by atoms with Crippen molar-refractivity contribution < 1.29 is 9.66 Å². The van der Waals surface area contributed by atoms with Crippen LogP contribution in [0.1, 0.15) is 0 Å². The number of nitrogens with zero attached hydrogens (tertiary/aromatic N) is 1. The fourth-order valence-corrected chi connectivity index (χ4v) is 1.19. The zero-order valence-electron chi connectivity index (χ0n) is 6.78. The maximum absolute atomic E-state index is 10.4. The summed E-state index contributed by atoms with van der Waals surface area (Å²) in [4.78, 5) is 9.81. The zero-order chi connectivity index (χ0) is 10.0. The van der Waals surface area contributed by atoms with Crippen molar-refractivity contribution in [2.45, 2.75) is 0 Å². The average Bonchev–Trinajstić information content (AvgIpc) is 2.02. The number of nitrogens with two attached hydrogens (primary N) is 1. The Morgan fingerprint density at radius 3 is 2.62 bits per heavy atom. The lowest BCUT2D eigenvalue weighted by Crippen LogP contribution is -1.97. The van der Waals surface area contributed by atoms with E-state index in [1.165, 1.54) is 19.2 Å². The molecule has 0 unspecified atom stereocenters. The van der Waals surface area contributed by atoms with Crippen molar-refractivity contribution in [1.82, 2.24) is 0 Å². The Hall–Kier alpha value is -1.49. The van der Waals surface area contributed by atoms with Gasteiger partial charge in [-0.05, 0) is 0 Å². The molecule has 0 spiro atoms. The van der Waals surface area contributed by atoms with E-state index in [2.05, 4.69) is 0 Å². The highest BCUT2D eigenvalue weighted by Gasteiger charge is 2.18. The number of rotatable bonds is 2. The summed E-state index contributed by atoms with van der Waals surface area (Å²) in [5.74, 6) is 0.396. The molecule has 0 bridgehead atoms. The molecule has 70 valence electrons. The summed E-state index contributed by atoms with van der Waals surface area (Å²) in [6, 6.07) is 2.69. The molecular weight excluding hydrogens is 196 g/mol. The van der Waals surface area contributed by atoms with Gasteiger partial charge >= 0.3 is 5.69 Å². The summed E-state index contributed by atoms with van der Waals surface area (Å²) in [5, 5.41) is 10.4. The van der Waals surface area contributed by atoms with E-state index >= 15 is 0 Å². The van der Waals surface area contributed by atoms with Gasteiger partial charge in [-0.25, -0.2) is 0 Å². The van der Waals surface area contributed by atoms with Crippen LogP contribution in [0.15, 0.2) is 12.1 Å². The number of methoxy groups -OCH3 is 1. The van der Waals surface area contributed by atoms with E-state index in [1.54, 1.807) is 0 Å². The fourth-order valence-electron chi connectivity index (χ4n) is 0.905. The van der Waals surface area contributed by atoms with Gasteiger partial charge in [0.05, 0.1) is 12.0 Å². The van der Waals surface area contributed by atoms with E-state index in [1.807, 2.05) is 0 Å². The molecule has 1 aromatic rings. The number of ether oxygens (including phenoxy) is 1. The first-order chi connectivity index (χ1) is 6.06. The average molecular weight is 203 g/mol. The van der Waals surface area contributed by atoms with Gasteiger partial charge in [0.2, 0.25) is 0 Å². The number of nitrogen functional groups attached to an aromatic ring is 1. The summed E-state index contributed by atoms with van der Waals surface area (Å²) in [6.45, 7) is 0. The smallest absolute Gasteiger partial charge is 0.310 e. The first-order valence-corrected chi connectivity index (χ1v) is 3.71. The molecule has 0 aliphatic heterocycles. The van der Waals surface area contributed by atoms with E-state index in [0.29, 0.717) is 5.75 Å². The number of benzene rings is 1. The zero-order valence-corrected chi connectivity index (χ0v) is 7.54. The van der Waals surface area contributed by atoms with Crippen LogP contribution in [0, 0.1) is 10.1 Å². The quantitative estimate of drug-likeness (QED) is 0.451. The Kier molecular flexibility index (Phi) is 2.57. The van der Waals surface area contributed by atoms with Crippen molar-refractivity contribution in [3.05, 3.63) is 27.3 Å². The maximum atomic E-state index is 10.4. The Morgan fingerprint density at radius 1 is 1.62 bits per heavy atom. The van der Waals surface area contributed by atoms with Gasteiger partial charge in [-0.3, -0.25) is 10.1 Å². The van der Waals surface area contributed by atoms with Crippen molar-refractivity contribution in [1.29, 1.82) is 0 Å². The lowest BCUT2D eigenvalue weighted by atomic mass is 10.2. The summed E-state index contributed by atoms with van der Waals surface area (Å²) in [6.07, 6.45) is 0. The molecule has 1 aromatic carbocycles. The lowest BCUT2D eigenvalue weighted by molar-refractivity contribution is -0.383. The van der Waals surface area contributed by atoms with Gasteiger partial charge in [0.15, 0.2) is 0 Å². The normalized spacial score (nSPS) is 9.69. The molecule has 0 saturated carbocycles. The third kappa shape index (κ3) is 1.81. The van der Waals surface area contributed by atoms with E-state index < -0.39 is 4.92 Å². The minimum atomic E-state index is -0.628. The largest absolute Gasteiger partial charge is 0.497 e. The number of nitro benzene ring substituents is 1.